The third-order valence-corrected chi connectivity index (χ3v) is 4.67. The van der Waals surface area contributed by atoms with Crippen molar-refractivity contribution < 1.29 is 14.7 Å². The lowest BCUT2D eigenvalue weighted by Gasteiger charge is -2.09. The number of hydrogen-bond donors (Lipinski definition) is 2. The topological polar surface area (TPSA) is 66.4 Å². The van der Waals surface area contributed by atoms with Gasteiger partial charge >= 0.3 is 5.97 Å². The van der Waals surface area contributed by atoms with Crippen LogP contribution in [0.1, 0.15) is 27.2 Å². The maximum absolute atomic E-state index is 11.8. The van der Waals surface area contributed by atoms with Gasteiger partial charge in [-0.15, -0.1) is 0 Å². The number of aliphatic carboxylic acids is 1. The van der Waals surface area contributed by atoms with Crippen molar-refractivity contribution in [2.45, 2.75) is 32.4 Å². The van der Waals surface area contributed by atoms with Crippen molar-refractivity contribution in [2.75, 3.05) is 12.8 Å². The Bertz CT molecular complexity index is 317. The van der Waals surface area contributed by atoms with Gasteiger partial charge in [0.05, 0.1) is 11.8 Å². The summed E-state index contributed by atoms with van der Waals surface area (Å²) in [5, 5.41) is 12.3. The molecule has 3 unspecified atom stereocenters. The van der Waals surface area contributed by atoms with Crippen LogP contribution in [-0.2, 0) is 9.59 Å². The van der Waals surface area contributed by atoms with E-state index < -0.39 is 17.3 Å². The molecule has 0 spiro atoms. The van der Waals surface area contributed by atoms with Crippen LogP contribution in [0.25, 0.3) is 0 Å². The lowest BCUT2D eigenvalue weighted by atomic mass is 10.1. The summed E-state index contributed by atoms with van der Waals surface area (Å²) in [7, 11) is 0. The monoisotopic (exact) mass is 259 g/mol. The van der Waals surface area contributed by atoms with E-state index in [1.807, 2.05) is 20.1 Å². The SMILES string of the molecule is CSC(C)CCNC(=O)C1C(C(=O)O)C1(C)C. The fraction of sp³-hybridized carbons (Fsp3) is 0.833. The second-order valence-electron chi connectivity index (χ2n) is 5.24. The Morgan fingerprint density at radius 3 is 2.41 bits per heavy atom. The first kappa shape index (κ1) is 14.4. The summed E-state index contributed by atoms with van der Waals surface area (Å²) in [6.07, 6.45) is 2.95. The van der Waals surface area contributed by atoms with E-state index in [4.69, 9.17) is 5.11 Å². The molecule has 1 rings (SSSR count). The van der Waals surface area contributed by atoms with Crippen molar-refractivity contribution in [3.05, 3.63) is 0 Å². The molecule has 1 fully saturated rings. The van der Waals surface area contributed by atoms with Gasteiger partial charge in [-0.1, -0.05) is 20.8 Å². The molecule has 0 aromatic heterocycles. The summed E-state index contributed by atoms with van der Waals surface area (Å²) in [5.41, 5.74) is -0.402. The second kappa shape index (κ2) is 5.29. The van der Waals surface area contributed by atoms with Crippen LogP contribution in [0.4, 0.5) is 0 Å². The van der Waals surface area contributed by atoms with E-state index in [2.05, 4.69) is 12.2 Å². The van der Waals surface area contributed by atoms with Crippen molar-refractivity contribution in [3.8, 4) is 0 Å². The molecule has 1 saturated carbocycles. The van der Waals surface area contributed by atoms with E-state index in [9.17, 15) is 9.59 Å². The van der Waals surface area contributed by atoms with E-state index >= 15 is 0 Å². The first-order valence-corrected chi connectivity index (χ1v) is 7.14. The van der Waals surface area contributed by atoms with Gasteiger partial charge in [-0.2, -0.15) is 11.8 Å². The van der Waals surface area contributed by atoms with Crippen molar-refractivity contribution in [3.63, 3.8) is 0 Å². The van der Waals surface area contributed by atoms with Gasteiger partial charge in [0.2, 0.25) is 5.91 Å². The van der Waals surface area contributed by atoms with Crippen LogP contribution in [-0.4, -0.2) is 35.0 Å². The Kier molecular flexibility index (Phi) is 4.47. The minimum atomic E-state index is -0.868. The number of hydrogen-bond acceptors (Lipinski definition) is 3. The van der Waals surface area contributed by atoms with E-state index in [0.29, 0.717) is 11.8 Å². The second-order valence-corrected chi connectivity index (χ2v) is 6.52. The Hall–Kier alpha value is -0.710. The maximum atomic E-state index is 11.8. The fourth-order valence-electron chi connectivity index (χ4n) is 2.21. The van der Waals surface area contributed by atoms with Crippen LogP contribution in [0, 0.1) is 17.3 Å². The summed E-state index contributed by atoms with van der Waals surface area (Å²) >= 11 is 1.76. The fourth-order valence-corrected chi connectivity index (χ4v) is 2.57. The van der Waals surface area contributed by atoms with E-state index in [0.717, 1.165) is 6.42 Å². The molecule has 0 aromatic carbocycles. The zero-order valence-electron chi connectivity index (χ0n) is 10.8. The first-order chi connectivity index (χ1) is 7.82. The third-order valence-electron chi connectivity index (χ3n) is 3.63. The number of carboxylic acids is 1. The zero-order valence-corrected chi connectivity index (χ0v) is 11.6. The zero-order chi connectivity index (χ0) is 13.2. The molecule has 98 valence electrons. The molecule has 0 bridgehead atoms. The Labute approximate surface area is 107 Å². The predicted molar refractivity (Wildman–Crippen MR) is 69.0 cm³/mol. The molecular formula is C12H21NO3S. The highest BCUT2D eigenvalue weighted by Gasteiger charge is 2.65. The van der Waals surface area contributed by atoms with Crippen molar-refractivity contribution in [1.29, 1.82) is 0 Å². The molecule has 1 aliphatic carbocycles. The smallest absolute Gasteiger partial charge is 0.307 e. The Morgan fingerprint density at radius 1 is 1.41 bits per heavy atom. The van der Waals surface area contributed by atoms with Gasteiger partial charge in [0.1, 0.15) is 0 Å². The predicted octanol–water partition coefficient (Wildman–Crippen LogP) is 1.60. The molecule has 2 N–H and O–H groups in total. The minimum Gasteiger partial charge on any atom is -0.481 e. The third kappa shape index (κ3) is 3.15. The molecule has 4 nitrogen and oxygen atoms in total. The normalized spacial score (nSPS) is 27.3. The van der Waals surface area contributed by atoms with Gasteiger partial charge in [-0.3, -0.25) is 9.59 Å². The molecule has 3 atom stereocenters. The molecule has 1 amide bonds. The largest absolute Gasteiger partial charge is 0.481 e. The van der Waals surface area contributed by atoms with E-state index in [1.54, 1.807) is 11.8 Å². The summed E-state index contributed by atoms with van der Waals surface area (Å²) in [5.74, 6) is -1.88. The van der Waals surface area contributed by atoms with Crippen LogP contribution in [0.15, 0.2) is 0 Å². The highest BCUT2D eigenvalue weighted by Crippen LogP contribution is 2.58. The Balaban J connectivity index is 2.38. The molecule has 1 aliphatic rings. The molecular weight excluding hydrogens is 238 g/mol. The van der Waals surface area contributed by atoms with Gasteiger partial charge in [-0.05, 0) is 18.1 Å². The average Bonchev–Trinajstić information content (AvgIpc) is 2.81. The van der Waals surface area contributed by atoms with Crippen LogP contribution in [0.2, 0.25) is 0 Å². The number of amides is 1. The first-order valence-electron chi connectivity index (χ1n) is 5.85. The number of carbonyl (C=O) groups excluding carboxylic acids is 1. The standard InChI is InChI=1S/C12H21NO3S/c1-7(17-4)5-6-13-10(14)8-9(11(15)16)12(8,2)3/h7-9H,5-6H2,1-4H3,(H,13,14)(H,15,16). The summed E-state index contributed by atoms with van der Waals surface area (Å²) in [6.45, 7) is 6.40. The van der Waals surface area contributed by atoms with Gasteiger partial charge < -0.3 is 10.4 Å². The number of carboxylic acid groups (broad SMARTS) is 1. The maximum Gasteiger partial charge on any atom is 0.307 e. The van der Waals surface area contributed by atoms with Gasteiger partial charge in [0.15, 0.2) is 0 Å². The quantitative estimate of drug-likeness (QED) is 0.760. The number of thioether (sulfide) groups is 1. The summed E-state index contributed by atoms with van der Waals surface area (Å²) < 4.78 is 0. The van der Waals surface area contributed by atoms with Crippen molar-refractivity contribution in [1.82, 2.24) is 5.32 Å². The molecule has 0 aromatic rings. The highest BCUT2D eigenvalue weighted by atomic mass is 32.2. The van der Waals surface area contributed by atoms with Crippen LogP contribution < -0.4 is 5.32 Å². The molecule has 0 saturated heterocycles. The number of carbonyl (C=O) groups is 2. The van der Waals surface area contributed by atoms with Crippen molar-refractivity contribution >= 4 is 23.6 Å². The van der Waals surface area contributed by atoms with E-state index in [-0.39, 0.29) is 11.8 Å². The molecule has 0 heterocycles. The lowest BCUT2D eigenvalue weighted by Crippen LogP contribution is -2.29. The number of rotatable bonds is 6. The lowest BCUT2D eigenvalue weighted by molar-refractivity contribution is -0.140. The minimum absolute atomic E-state index is 0.115. The summed E-state index contributed by atoms with van der Waals surface area (Å²) in [6, 6.07) is 0. The molecule has 5 heteroatoms. The summed E-state index contributed by atoms with van der Waals surface area (Å²) in [4.78, 5) is 22.8. The van der Waals surface area contributed by atoms with Crippen LogP contribution >= 0.6 is 11.8 Å². The van der Waals surface area contributed by atoms with E-state index in [1.165, 1.54) is 0 Å². The van der Waals surface area contributed by atoms with Gasteiger partial charge in [0, 0.05) is 11.8 Å². The highest BCUT2D eigenvalue weighted by molar-refractivity contribution is 7.99. The molecule has 0 radical (unpaired) electrons. The van der Waals surface area contributed by atoms with Gasteiger partial charge in [-0.25, -0.2) is 0 Å². The molecule has 0 aliphatic heterocycles. The molecule has 17 heavy (non-hydrogen) atoms. The number of nitrogens with one attached hydrogen (secondary N) is 1. The average molecular weight is 259 g/mol. The van der Waals surface area contributed by atoms with Crippen molar-refractivity contribution in [2.24, 2.45) is 17.3 Å². The van der Waals surface area contributed by atoms with Crippen LogP contribution in [0.3, 0.4) is 0 Å². The van der Waals surface area contributed by atoms with Crippen LogP contribution in [0.5, 0.6) is 0 Å². The van der Waals surface area contributed by atoms with Gasteiger partial charge in [0.25, 0.3) is 0 Å². The Morgan fingerprint density at radius 2 is 2.00 bits per heavy atom.